The van der Waals surface area contributed by atoms with Gasteiger partial charge < -0.3 is 28.4 Å². The molecule has 6 aliphatic rings. The van der Waals surface area contributed by atoms with E-state index in [-0.39, 0.29) is 0 Å². The Bertz CT molecular complexity index is 2630. The Morgan fingerprint density at radius 2 is 1.55 bits per heavy atom. The maximum atomic E-state index is 6.87. The molecule has 5 aromatic heterocycles. The first-order valence-electron chi connectivity index (χ1n) is 18.6. The predicted molar refractivity (Wildman–Crippen MR) is 203 cm³/mol. The zero-order valence-electron chi connectivity index (χ0n) is 29.7. The third-order valence-electron chi connectivity index (χ3n) is 10.9. The smallest absolute Gasteiger partial charge is 0.247 e. The molecule has 11 heterocycles. The van der Waals surface area contributed by atoms with Crippen LogP contribution in [0, 0.1) is 0 Å². The van der Waals surface area contributed by atoms with E-state index < -0.39 is 12.0 Å². The molecule has 0 N–H and O–H groups in total. The van der Waals surface area contributed by atoms with Crippen LogP contribution in [-0.2, 0) is 19.3 Å². The Labute approximate surface area is 328 Å². The van der Waals surface area contributed by atoms with Gasteiger partial charge in [0.15, 0.2) is 5.75 Å². The summed E-state index contributed by atoms with van der Waals surface area (Å²) in [7, 11) is 0. The van der Waals surface area contributed by atoms with Crippen molar-refractivity contribution in [2.24, 2.45) is 0 Å². The molecular weight excluding hydrogens is 753 g/mol. The van der Waals surface area contributed by atoms with Gasteiger partial charge in [-0.05, 0) is 48.2 Å². The molecule has 0 amide bonds. The molecule has 0 aliphatic carbocycles. The van der Waals surface area contributed by atoms with Crippen molar-refractivity contribution in [3.8, 4) is 68.8 Å². The molecule has 278 valence electrons. The number of benzene rings is 1. The van der Waals surface area contributed by atoms with Crippen molar-refractivity contribution >= 4 is 23.5 Å². The number of hydrogen-bond donors (Lipinski definition) is 0. The van der Waals surface area contributed by atoms with Crippen LogP contribution in [0.15, 0.2) is 58.6 Å². The van der Waals surface area contributed by atoms with Crippen molar-refractivity contribution in [2.75, 3.05) is 38.1 Å². The molecule has 16 heteroatoms. The van der Waals surface area contributed by atoms with E-state index in [4.69, 9.17) is 58.8 Å². The highest BCUT2D eigenvalue weighted by molar-refractivity contribution is 7.99. The van der Waals surface area contributed by atoms with E-state index >= 15 is 0 Å². The summed E-state index contributed by atoms with van der Waals surface area (Å²) in [5.41, 5.74) is 9.55. The minimum atomic E-state index is -0.515. The molecule has 0 bridgehead atoms. The van der Waals surface area contributed by atoms with Crippen LogP contribution in [-0.4, -0.2) is 78.7 Å². The van der Waals surface area contributed by atoms with Crippen molar-refractivity contribution in [3.05, 3.63) is 82.3 Å². The SMILES string of the molecule is c1cc2c(cc1C1Oc3nnc(-c4ncc(-c5cc6c(cn5)SCO6)c5c4OCC5)c(-c4cc5c(nn4)OCCC5)c3C1c1cc3c(nn1)OCCS3)CCO2. The number of rotatable bonds is 5. The Balaban J connectivity index is 1.08. The summed E-state index contributed by atoms with van der Waals surface area (Å²) in [6, 6.07) is 12.3. The molecule has 14 nitrogen and oxygen atoms in total. The highest BCUT2D eigenvalue weighted by Gasteiger charge is 2.44. The molecule has 0 saturated heterocycles. The second-order valence-corrected chi connectivity index (χ2v) is 16.2. The van der Waals surface area contributed by atoms with Crippen LogP contribution in [0.1, 0.15) is 52.0 Å². The minimum absolute atomic E-state index is 0.379. The quantitative estimate of drug-likeness (QED) is 0.193. The van der Waals surface area contributed by atoms with Crippen LogP contribution in [0.2, 0.25) is 0 Å². The molecule has 6 aliphatic heterocycles. The lowest BCUT2D eigenvalue weighted by Gasteiger charge is -2.23. The summed E-state index contributed by atoms with van der Waals surface area (Å²) in [6.45, 7) is 2.32. The minimum Gasteiger partial charge on any atom is -0.493 e. The normalized spacial score (nSPS) is 19.4. The van der Waals surface area contributed by atoms with E-state index in [1.807, 2.05) is 30.6 Å². The largest absolute Gasteiger partial charge is 0.493 e. The predicted octanol–water partition coefficient (Wildman–Crippen LogP) is 6.23. The lowest BCUT2D eigenvalue weighted by atomic mass is 9.84. The fourth-order valence-electron chi connectivity index (χ4n) is 8.35. The highest BCUT2D eigenvalue weighted by atomic mass is 32.2. The third-order valence-corrected chi connectivity index (χ3v) is 12.8. The number of aryl methyl sites for hydroxylation is 1. The summed E-state index contributed by atoms with van der Waals surface area (Å²) in [4.78, 5) is 11.8. The van der Waals surface area contributed by atoms with E-state index in [1.165, 1.54) is 0 Å². The Hall–Kier alpha value is -5.74. The van der Waals surface area contributed by atoms with Crippen LogP contribution in [0.3, 0.4) is 0 Å². The second-order valence-electron chi connectivity index (χ2n) is 14.1. The van der Waals surface area contributed by atoms with E-state index in [0.29, 0.717) is 90.5 Å². The number of thioether (sulfide) groups is 2. The van der Waals surface area contributed by atoms with Crippen molar-refractivity contribution in [3.63, 3.8) is 0 Å². The Kier molecular flexibility index (Phi) is 7.49. The number of nitrogens with zero attached hydrogens (tertiary/aromatic N) is 8. The monoisotopic (exact) mass is 782 g/mol. The zero-order chi connectivity index (χ0) is 36.7. The van der Waals surface area contributed by atoms with Gasteiger partial charge >= 0.3 is 0 Å². The number of aromatic nitrogens is 8. The topological polar surface area (TPSA) is 158 Å². The third kappa shape index (κ3) is 5.18. The van der Waals surface area contributed by atoms with Crippen molar-refractivity contribution in [2.45, 2.75) is 47.5 Å². The zero-order valence-corrected chi connectivity index (χ0v) is 31.3. The van der Waals surface area contributed by atoms with Gasteiger partial charge in [-0.1, -0.05) is 17.8 Å². The van der Waals surface area contributed by atoms with Crippen LogP contribution in [0.25, 0.3) is 33.9 Å². The molecule has 0 fully saturated rings. The molecule has 6 aromatic rings. The van der Waals surface area contributed by atoms with E-state index in [9.17, 15) is 0 Å². The summed E-state index contributed by atoms with van der Waals surface area (Å²) in [5, 5.41) is 28.4. The summed E-state index contributed by atoms with van der Waals surface area (Å²) in [6.07, 6.45) is 6.38. The van der Waals surface area contributed by atoms with Crippen molar-refractivity contribution in [1.29, 1.82) is 0 Å². The summed E-state index contributed by atoms with van der Waals surface area (Å²) < 4.78 is 36.8. The summed E-state index contributed by atoms with van der Waals surface area (Å²) in [5.74, 6) is 4.73. The molecule has 2 unspecified atom stereocenters. The number of pyridine rings is 2. The molecule has 2 atom stereocenters. The second kappa shape index (κ2) is 12.9. The fourth-order valence-corrected chi connectivity index (χ4v) is 9.86. The van der Waals surface area contributed by atoms with Crippen LogP contribution >= 0.6 is 23.5 Å². The van der Waals surface area contributed by atoms with Gasteiger partial charge in [-0.15, -0.1) is 37.3 Å². The number of hydrogen-bond acceptors (Lipinski definition) is 16. The van der Waals surface area contributed by atoms with Crippen molar-refractivity contribution < 1.29 is 28.4 Å². The maximum Gasteiger partial charge on any atom is 0.247 e. The first-order valence-corrected chi connectivity index (χ1v) is 20.6. The Morgan fingerprint density at radius 1 is 0.625 bits per heavy atom. The van der Waals surface area contributed by atoms with Gasteiger partial charge in [-0.25, -0.2) is 4.98 Å². The van der Waals surface area contributed by atoms with Gasteiger partial charge in [-0.3, -0.25) is 4.98 Å². The van der Waals surface area contributed by atoms with E-state index in [1.54, 1.807) is 23.5 Å². The molecular formula is C40H30N8O6S2. The molecule has 12 rings (SSSR count). The average Bonchev–Trinajstić information content (AvgIpc) is 4.08. The molecule has 0 saturated carbocycles. The first kappa shape index (κ1) is 32.5. The Morgan fingerprint density at radius 3 is 2.55 bits per heavy atom. The molecule has 1 aromatic carbocycles. The van der Waals surface area contributed by atoms with E-state index in [0.717, 1.165) is 85.4 Å². The van der Waals surface area contributed by atoms with Gasteiger partial charge in [0.25, 0.3) is 0 Å². The highest BCUT2D eigenvalue weighted by Crippen LogP contribution is 2.55. The molecule has 0 radical (unpaired) electrons. The lowest BCUT2D eigenvalue weighted by Crippen LogP contribution is -2.16. The molecule has 56 heavy (non-hydrogen) atoms. The van der Waals surface area contributed by atoms with Crippen LogP contribution in [0.4, 0.5) is 0 Å². The van der Waals surface area contributed by atoms with E-state index in [2.05, 4.69) is 28.4 Å². The average molecular weight is 783 g/mol. The molecule has 0 spiro atoms. The summed E-state index contributed by atoms with van der Waals surface area (Å²) >= 11 is 3.33. The van der Waals surface area contributed by atoms with Crippen molar-refractivity contribution in [1.82, 2.24) is 40.6 Å². The number of fused-ring (bicyclic) bond motifs is 6. The standard InChI is InChI=1S/C40H30N8O6S2/c1-2-21-13-25(43-46-38(21)51-7-1)31-33-32(26-15-29-39(47-44-26)52-10-11-55-29)36(20-3-4-27-19(12-20)5-8-49-27)54-40(33)48-45-34(31)35-37-22(6-9-50-37)23(16-42-35)24-14-28-30(17-41-24)56-18-53-28/h3-4,12-17,32,36H,1-2,5-11,18H2. The van der Waals surface area contributed by atoms with Crippen LogP contribution < -0.4 is 28.4 Å². The first-order chi connectivity index (χ1) is 27.7. The van der Waals surface area contributed by atoms with Crippen LogP contribution in [0.5, 0.6) is 34.9 Å². The fraction of sp³-hybridized carbons (Fsp3) is 0.300. The van der Waals surface area contributed by atoms with Gasteiger partial charge in [-0.2, -0.15) is 5.10 Å². The number of ether oxygens (including phenoxy) is 6. The van der Waals surface area contributed by atoms with Gasteiger partial charge in [0.2, 0.25) is 17.6 Å². The van der Waals surface area contributed by atoms with Gasteiger partial charge in [0.1, 0.15) is 34.9 Å². The lowest BCUT2D eigenvalue weighted by molar-refractivity contribution is 0.211. The maximum absolute atomic E-state index is 6.87. The van der Waals surface area contributed by atoms with Gasteiger partial charge in [0.05, 0.1) is 59.2 Å². The van der Waals surface area contributed by atoms with Gasteiger partial charge in [0, 0.05) is 64.9 Å².